The maximum atomic E-state index is 13.3. The van der Waals surface area contributed by atoms with Crippen LogP contribution in [0, 0.1) is 5.82 Å². The number of halogens is 1. The molecule has 1 atom stereocenters. The summed E-state index contributed by atoms with van der Waals surface area (Å²) in [5.41, 5.74) is 4.01. The van der Waals surface area contributed by atoms with E-state index in [-0.39, 0.29) is 17.6 Å². The monoisotopic (exact) mass is 457 g/mol. The molecule has 3 aromatic carbocycles. The topological polar surface area (TPSA) is 47.4 Å². The smallest absolute Gasteiger partial charge is 0.227 e. The molecule has 1 aromatic heterocycles. The molecule has 0 spiro atoms. The molecule has 0 saturated carbocycles. The molecule has 0 N–H and O–H groups in total. The molecule has 4 aromatic rings. The summed E-state index contributed by atoms with van der Waals surface area (Å²) in [6, 6.07) is 22.4. The van der Waals surface area contributed by atoms with Crippen molar-refractivity contribution in [3.63, 3.8) is 0 Å². The Hall–Kier alpha value is -3.67. The molecule has 1 aliphatic rings. The van der Waals surface area contributed by atoms with Crippen LogP contribution in [0.4, 0.5) is 10.1 Å². The lowest BCUT2D eigenvalue weighted by molar-refractivity contribution is -0.117. The molecular weight excluding hydrogens is 429 g/mol. The molecule has 0 radical (unpaired) electrons. The Morgan fingerprint density at radius 3 is 2.56 bits per heavy atom. The van der Waals surface area contributed by atoms with Crippen molar-refractivity contribution < 1.29 is 13.9 Å². The lowest BCUT2D eigenvalue weighted by atomic mass is 10.1. The van der Waals surface area contributed by atoms with Crippen molar-refractivity contribution in [1.29, 1.82) is 0 Å². The van der Waals surface area contributed by atoms with Crippen molar-refractivity contribution in [2.45, 2.75) is 38.6 Å². The predicted octanol–water partition coefficient (Wildman–Crippen LogP) is 5.73. The number of hydrogen-bond acceptors (Lipinski definition) is 3. The maximum absolute atomic E-state index is 13.3. The first-order valence-electron chi connectivity index (χ1n) is 11.8. The van der Waals surface area contributed by atoms with E-state index in [0.29, 0.717) is 19.6 Å². The van der Waals surface area contributed by atoms with Crippen molar-refractivity contribution in [2.24, 2.45) is 0 Å². The Kier molecular flexibility index (Phi) is 6.30. The van der Waals surface area contributed by atoms with E-state index in [1.54, 1.807) is 17.0 Å². The second-order valence-corrected chi connectivity index (χ2v) is 8.69. The Morgan fingerprint density at radius 2 is 1.79 bits per heavy atom. The van der Waals surface area contributed by atoms with E-state index in [1.165, 1.54) is 17.7 Å². The molecular formula is C28H28FN3O2. The maximum Gasteiger partial charge on any atom is 0.227 e. The van der Waals surface area contributed by atoms with Crippen molar-refractivity contribution >= 4 is 22.6 Å². The van der Waals surface area contributed by atoms with E-state index in [4.69, 9.17) is 9.72 Å². The average molecular weight is 458 g/mol. The van der Waals surface area contributed by atoms with Gasteiger partial charge in [0, 0.05) is 31.1 Å². The first-order chi connectivity index (χ1) is 16.6. The minimum absolute atomic E-state index is 0.0209. The van der Waals surface area contributed by atoms with Crippen LogP contribution in [0.2, 0.25) is 0 Å². The lowest BCUT2D eigenvalue weighted by Crippen LogP contribution is -2.24. The van der Waals surface area contributed by atoms with Crippen LogP contribution in [0.3, 0.4) is 0 Å². The van der Waals surface area contributed by atoms with Crippen LogP contribution in [-0.4, -0.2) is 28.6 Å². The number of rotatable bonds is 8. The third-order valence-electron chi connectivity index (χ3n) is 6.44. The highest BCUT2D eigenvalue weighted by molar-refractivity contribution is 5.96. The average Bonchev–Trinajstić information content (AvgIpc) is 3.43. The van der Waals surface area contributed by atoms with Crippen molar-refractivity contribution in [3.05, 3.63) is 90.0 Å². The zero-order valence-corrected chi connectivity index (χ0v) is 19.3. The minimum Gasteiger partial charge on any atom is -0.494 e. The van der Waals surface area contributed by atoms with Crippen LogP contribution < -0.4 is 9.64 Å². The molecule has 1 saturated heterocycles. The number of benzene rings is 3. The second-order valence-electron chi connectivity index (χ2n) is 8.69. The van der Waals surface area contributed by atoms with Crippen LogP contribution in [0.5, 0.6) is 5.75 Å². The number of ether oxygens (including phenoxy) is 1. The number of aryl methyl sites for hydroxylation is 2. The number of amides is 1. The number of nitrogens with zero attached hydrogens (tertiary/aromatic N) is 3. The van der Waals surface area contributed by atoms with E-state index in [2.05, 4.69) is 29.7 Å². The minimum atomic E-state index is -0.308. The zero-order valence-electron chi connectivity index (χ0n) is 19.3. The van der Waals surface area contributed by atoms with Crippen LogP contribution >= 0.6 is 0 Å². The van der Waals surface area contributed by atoms with Crippen molar-refractivity contribution in [1.82, 2.24) is 9.55 Å². The quantitative estimate of drug-likeness (QED) is 0.318. The summed E-state index contributed by atoms with van der Waals surface area (Å²) in [4.78, 5) is 19.5. The third kappa shape index (κ3) is 4.53. The van der Waals surface area contributed by atoms with Gasteiger partial charge in [-0.05, 0) is 66.9 Å². The highest BCUT2D eigenvalue weighted by Gasteiger charge is 2.34. The Morgan fingerprint density at radius 1 is 1.03 bits per heavy atom. The molecule has 6 heteroatoms. The fourth-order valence-corrected chi connectivity index (χ4v) is 4.63. The number of hydrogen-bond donors (Lipinski definition) is 0. The van der Waals surface area contributed by atoms with Gasteiger partial charge in [-0.2, -0.15) is 0 Å². The third-order valence-corrected chi connectivity index (χ3v) is 6.44. The summed E-state index contributed by atoms with van der Waals surface area (Å²) in [5.74, 6) is 1.51. The van der Waals surface area contributed by atoms with Gasteiger partial charge in [-0.1, -0.05) is 31.2 Å². The lowest BCUT2D eigenvalue weighted by Gasteiger charge is -2.17. The van der Waals surface area contributed by atoms with Gasteiger partial charge < -0.3 is 14.2 Å². The van der Waals surface area contributed by atoms with Gasteiger partial charge in [-0.3, -0.25) is 4.79 Å². The van der Waals surface area contributed by atoms with Crippen molar-refractivity contribution in [2.75, 3.05) is 18.1 Å². The normalized spacial score (nSPS) is 15.9. The molecule has 1 fully saturated rings. The zero-order chi connectivity index (χ0) is 23.5. The van der Waals surface area contributed by atoms with E-state index in [1.807, 2.05) is 30.3 Å². The molecule has 1 aliphatic heterocycles. The van der Waals surface area contributed by atoms with Crippen LogP contribution in [0.25, 0.3) is 11.0 Å². The molecule has 5 rings (SSSR count). The van der Waals surface area contributed by atoms with Gasteiger partial charge in [0.05, 0.1) is 17.6 Å². The van der Waals surface area contributed by atoms with E-state index < -0.39 is 0 Å². The standard InChI is InChI=1S/C28H28FN3O2/c1-2-20-8-14-24(15-9-20)34-17-5-16-31-26-7-4-3-6-25(26)30-28(31)21-18-27(33)32(19-21)23-12-10-22(29)11-13-23/h3-4,6-15,21H,2,5,16-19H2,1H3/t21-/m0/s1. The first-order valence-corrected chi connectivity index (χ1v) is 11.8. The number of carbonyl (C=O) groups is 1. The van der Waals surface area contributed by atoms with E-state index in [0.717, 1.165) is 47.7 Å². The van der Waals surface area contributed by atoms with Gasteiger partial charge in [-0.25, -0.2) is 9.37 Å². The Labute approximate surface area is 198 Å². The van der Waals surface area contributed by atoms with E-state index >= 15 is 0 Å². The highest BCUT2D eigenvalue weighted by atomic mass is 19.1. The first kappa shape index (κ1) is 22.1. The Balaban J connectivity index is 1.32. The molecule has 34 heavy (non-hydrogen) atoms. The SMILES string of the molecule is CCc1ccc(OCCCn2c([C@H]3CC(=O)N(c4ccc(F)cc4)C3)nc3ccccc32)cc1. The predicted molar refractivity (Wildman–Crippen MR) is 132 cm³/mol. The fraction of sp³-hybridized carbons (Fsp3) is 0.286. The molecule has 5 nitrogen and oxygen atoms in total. The fourth-order valence-electron chi connectivity index (χ4n) is 4.63. The van der Waals surface area contributed by atoms with Crippen LogP contribution in [0.1, 0.15) is 37.1 Å². The van der Waals surface area contributed by atoms with Crippen LogP contribution in [0.15, 0.2) is 72.8 Å². The van der Waals surface area contributed by atoms with Gasteiger partial charge in [-0.15, -0.1) is 0 Å². The van der Waals surface area contributed by atoms with E-state index in [9.17, 15) is 9.18 Å². The summed E-state index contributed by atoms with van der Waals surface area (Å²) in [6.07, 6.45) is 2.23. The number of fused-ring (bicyclic) bond motifs is 1. The number of anilines is 1. The number of para-hydroxylation sites is 2. The van der Waals surface area contributed by atoms with Crippen LogP contribution in [-0.2, 0) is 17.8 Å². The summed E-state index contributed by atoms with van der Waals surface area (Å²) >= 11 is 0. The number of carbonyl (C=O) groups excluding carboxylic acids is 1. The van der Waals surface area contributed by atoms with Gasteiger partial charge >= 0.3 is 0 Å². The van der Waals surface area contributed by atoms with Gasteiger partial charge in [0.1, 0.15) is 17.4 Å². The molecule has 1 amide bonds. The number of aromatic nitrogens is 2. The second kappa shape index (κ2) is 9.67. The summed E-state index contributed by atoms with van der Waals surface area (Å²) < 4.78 is 21.5. The van der Waals surface area contributed by atoms with Crippen molar-refractivity contribution in [3.8, 4) is 5.75 Å². The summed E-state index contributed by atoms with van der Waals surface area (Å²) in [7, 11) is 0. The van der Waals surface area contributed by atoms with Gasteiger partial charge in [0.15, 0.2) is 0 Å². The molecule has 2 heterocycles. The van der Waals surface area contributed by atoms with Gasteiger partial charge in [0.2, 0.25) is 5.91 Å². The summed E-state index contributed by atoms with van der Waals surface area (Å²) in [6.45, 7) is 4.03. The summed E-state index contributed by atoms with van der Waals surface area (Å²) in [5, 5.41) is 0. The van der Waals surface area contributed by atoms with Gasteiger partial charge in [0.25, 0.3) is 0 Å². The number of imidazole rings is 1. The molecule has 174 valence electrons. The molecule has 0 bridgehead atoms. The Bertz CT molecular complexity index is 1280. The molecule has 0 aliphatic carbocycles. The highest BCUT2D eigenvalue weighted by Crippen LogP contribution is 2.33. The molecule has 0 unspecified atom stereocenters. The largest absolute Gasteiger partial charge is 0.494 e.